The molecule has 3 N–H and O–H groups in total. The number of guanidine groups is 1. The topological polar surface area (TPSA) is 65.9 Å². The molecule has 1 atom stereocenters. The Kier molecular flexibility index (Phi) is 10.8. The minimum absolute atomic E-state index is 0. The van der Waals surface area contributed by atoms with E-state index >= 15 is 0 Å². The first-order valence-electron chi connectivity index (χ1n) is 8.84. The highest BCUT2D eigenvalue weighted by molar-refractivity contribution is 14.0. The van der Waals surface area contributed by atoms with E-state index < -0.39 is 11.7 Å². The molecule has 0 heterocycles. The Morgan fingerprint density at radius 2 is 1.83 bits per heavy atom. The van der Waals surface area contributed by atoms with Gasteiger partial charge in [0, 0.05) is 19.5 Å². The van der Waals surface area contributed by atoms with Crippen molar-refractivity contribution >= 4 is 29.9 Å². The van der Waals surface area contributed by atoms with Crippen molar-refractivity contribution in [1.82, 2.24) is 10.6 Å². The van der Waals surface area contributed by atoms with E-state index in [4.69, 9.17) is 4.74 Å². The molecule has 0 saturated carbocycles. The van der Waals surface area contributed by atoms with Crippen molar-refractivity contribution in [2.75, 3.05) is 33.4 Å². The number of aliphatic hydroxyl groups is 1. The average Bonchev–Trinajstić information content (AvgIpc) is 2.70. The molecule has 5 nitrogen and oxygen atoms in total. The van der Waals surface area contributed by atoms with E-state index in [-0.39, 0.29) is 48.9 Å². The Morgan fingerprint density at radius 1 is 1.10 bits per heavy atom. The molecule has 2 rings (SSSR count). The number of aliphatic hydroxyl groups excluding tert-OH is 1. The standard InChI is InChI=1S/C20H24F3N3O2.HI/c1-24-19(26-13-16(14-27)15-6-3-2-4-7-15)25-10-11-28-18-9-5-8-17(12-18)20(21,22)23;/h2-9,12,16,27H,10-11,13-14H2,1H3,(H2,24,25,26);1H. The summed E-state index contributed by atoms with van der Waals surface area (Å²) in [6.45, 7) is 0.997. The summed E-state index contributed by atoms with van der Waals surface area (Å²) in [5.74, 6) is 0.590. The summed E-state index contributed by atoms with van der Waals surface area (Å²) >= 11 is 0. The molecule has 0 amide bonds. The Hall–Kier alpha value is -2.01. The van der Waals surface area contributed by atoms with E-state index in [9.17, 15) is 18.3 Å². The average molecular weight is 523 g/mol. The van der Waals surface area contributed by atoms with E-state index in [1.807, 2.05) is 30.3 Å². The minimum atomic E-state index is -4.40. The maximum Gasteiger partial charge on any atom is 0.416 e. The summed E-state index contributed by atoms with van der Waals surface area (Å²) in [6, 6.07) is 14.4. The predicted octanol–water partition coefficient (Wildman–Crippen LogP) is 3.64. The van der Waals surface area contributed by atoms with Gasteiger partial charge in [0.05, 0.1) is 18.7 Å². The molecule has 0 saturated heterocycles. The van der Waals surface area contributed by atoms with E-state index in [0.29, 0.717) is 19.0 Å². The molecular weight excluding hydrogens is 498 g/mol. The molecule has 1 unspecified atom stereocenters. The maximum absolute atomic E-state index is 12.7. The number of aliphatic imine (C=N–C) groups is 1. The third-order valence-corrected chi connectivity index (χ3v) is 4.06. The van der Waals surface area contributed by atoms with E-state index in [0.717, 1.165) is 17.7 Å². The molecule has 29 heavy (non-hydrogen) atoms. The number of benzene rings is 2. The molecule has 9 heteroatoms. The van der Waals surface area contributed by atoms with E-state index in [2.05, 4.69) is 15.6 Å². The van der Waals surface area contributed by atoms with Crippen LogP contribution in [0.5, 0.6) is 5.75 Å². The summed E-state index contributed by atoms with van der Waals surface area (Å²) in [5.41, 5.74) is 0.271. The van der Waals surface area contributed by atoms with Gasteiger partial charge in [-0.15, -0.1) is 24.0 Å². The normalized spacial score (nSPS) is 12.7. The van der Waals surface area contributed by atoms with Gasteiger partial charge in [0.15, 0.2) is 5.96 Å². The lowest BCUT2D eigenvalue weighted by Crippen LogP contribution is -2.41. The maximum atomic E-state index is 12.7. The van der Waals surface area contributed by atoms with E-state index in [1.54, 1.807) is 7.05 Å². The van der Waals surface area contributed by atoms with Crippen molar-refractivity contribution in [1.29, 1.82) is 0 Å². The number of ether oxygens (including phenoxy) is 1. The largest absolute Gasteiger partial charge is 0.492 e. The lowest BCUT2D eigenvalue weighted by atomic mass is 10.0. The van der Waals surface area contributed by atoms with Crippen LogP contribution in [0.4, 0.5) is 13.2 Å². The van der Waals surface area contributed by atoms with Gasteiger partial charge < -0.3 is 20.5 Å². The number of nitrogens with zero attached hydrogens (tertiary/aromatic N) is 1. The highest BCUT2D eigenvalue weighted by atomic mass is 127. The fourth-order valence-electron chi connectivity index (χ4n) is 2.55. The number of hydrogen-bond donors (Lipinski definition) is 3. The van der Waals surface area contributed by atoms with Crippen LogP contribution < -0.4 is 15.4 Å². The first-order valence-corrected chi connectivity index (χ1v) is 8.84. The fourth-order valence-corrected chi connectivity index (χ4v) is 2.55. The summed E-state index contributed by atoms with van der Waals surface area (Å²) in [6.07, 6.45) is -4.40. The monoisotopic (exact) mass is 523 g/mol. The number of nitrogens with one attached hydrogen (secondary N) is 2. The van der Waals surface area contributed by atoms with Crippen LogP contribution in [-0.4, -0.2) is 44.4 Å². The van der Waals surface area contributed by atoms with Gasteiger partial charge >= 0.3 is 6.18 Å². The molecule has 0 bridgehead atoms. The van der Waals surface area contributed by atoms with Crippen LogP contribution in [0.1, 0.15) is 17.0 Å². The molecular formula is C20H25F3IN3O2. The Labute approximate surface area is 185 Å². The molecule has 2 aromatic rings. The third-order valence-electron chi connectivity index (χ3n) is 4.06. The van der Waals surface area contributed by atoms with Crippen molar-refractivity contribution in [2.45, 2.75) is 12.1 Å². The van der Waals surface area contributed by atoms with Crippen LogP contribution in [0.2, 0.25) is 0 Å². The lowest BCUT2D eigenvalue weighted by molar-refractivity contribution is -0.137. The minimum Gasteiger partial charge on any atom is -0.492 e. The van der Waals surface area contributed by atoms with Gasteiger partial charge in [-0.2, -0.15) is 13.2 Å². The highest BCUT2D eigenvalue weighted by Crippen LogP contribution is 2.31. The van der Waals surface area contributed by atoms with Crippen LogP contribution in [0.15, 0.2) is 59.6 Å². The molecule has 0 aliphatic heterocycles. The number of hydrogen-bond acceptors (Lipinski definition) is 3. The van der Waals surface area contributed by atoms with Gasteiger partial charge in [-0.25, -0.2) is 0 Å². The van der Waals surface area contributed by atoms with Crippen molar-refractivity contribution < 1.29 is 23.0 Å². The number of rotatable bonds is 8. The third kappa shape index (κ3) is 8.48. The van der Waals surface area contributed by atoms with Crippen LogP contribution >= 0.6 is 24.0 Å². The molecule has 0 aliphatic carbocycles. The molecule has 0 aliphatic rings. The highest BCUT2D eigenvalue weighted by Gasteiger charge is 2.30. The van der Waals surface area contributed by atoms with E-state index in [1.165, 1.54) is 12.1 Å². The quantitative estimate of drug-likeness (QED) is 0.214. The lowest BCUT2D eigenvalue weighted by Gasteiger charge is -2.18. The van der Waals surface area contributed by atoms with Gasteiger partial charge in [0.1, 0.15) is 12.4 Å². The molecule has 0 fully saturated rings. The van der Waals surface area contributed by atoms with Crippen molar-refractivity contribution in [3.8, 4) is 5.75 Å². The van der Waals surface area contributed by atoms with Gasteiger partial charge in [-0.3, -0.25) is 4.99 Å². The smallest absolute Gasteiger partial charge is 0.416 e. The van der Waals surface area contributed by atoms with Gasteiger partial charge in [-0.1, -0.05) is 36.4 Å². The second kappa shape index (κ2) is 12.5. The Bertz CT molecular complexity index is 758. The second-order valence-corrected chi connectivity index (χ2v) is 6.04. The Balaban J connectivity index is 0.00000420. The van der Waals surface area contributed by atoms with Crippen molar-refractivity contribution in [3.05, 3.63) is 65.7 Å². The zero-order valence-electron chi connectivity index (χ0n) is 15.9. The number of alkyl halides is 3. The first-order chi connectivity index (χ1) is 13.4. The molecule has 160 valence electrons. The zero-order chi connectivity index (χ0) is 20.4. The fraction of sp³-hybridized carbons (Fsp3) is 0.350. The molecule has 0 aromatic heterocycles. The van der Waals surface area contributed by atoms with Gasteiger partial charge in [0.25, 0.3) is 0 Å². The predicted molar refractivity (Wildman–Crippen MR) is 118 cm³/mol. The van der Waals surface area contributed by atoms with Crippen molar-refractivity contribution in [3.63, 3.8) is 0 Å². The summed E-state index contributed by atoms with van der Waals surface area (Å²) in [4.78, 5) is 4.09. The molecule has 0 spiro atoms. The zero-order valence-corrected chi connectivity index (χ0v) is 18.3. The van der Waals surface area contributed by atoms with Gasteiger partial charge in [0.2, 0.25) is 0 Å². The van der Waals surface area contributed by atoms with Crippen molar-refractivity contribution in [2.24, 2.45) is 4.99 Å². The van der Waals surface area contributed by atoms with Crippen LogP contribution in [-0.2, 0) is 6.18 Å². The summed E-state index contributed by atoms with van der Waals surface area (Å²) in [5, 5.41) is 15.7. The van der Waals surface area contributed by atoms with Crippen LogP contribution in [0.25, 0.3) is 0 Å². The summed E-state index contributed by atoms with van der Waals surface area (Å²) < 4.78 is 43.5. The molecule has 0 radical (unpaired) electrons. The molecule has 2 aromatic carbocycles. The second-order valence-electron chi connectivity index (χ2n) is 6.04. The SMILES string of the molecule is CN=C(NCCOc1cccc(C(F)(F)F)c1)NCC(CO)c1ccccc1.I. The van der Waals surface area contributed by atoms with Crippen LogP contribution in [0.3, 0.4) is 0 Å². The van der Waals surface area contributed by atoms with Gasteiger partial charge in [-0.05, 0) is 23.8 Å². The van der Waals surface area contributed by atoms with Crippen LogP contribution in [0, 0.1) is 0 Å². The number of halogens is 4. The Morgan fingerprint density at radius 3 is 2.45 bits per heavy atom. The first kappa shape index (κ1) is 25.0. The summed E-state index contributed by atoms with van der Waals surface area (Å²) in [7, 11) is 1.61.